The maximum atomic E-state index is 2.18. The van der Waals surface area contributed by atoms with Gasteiger partial charge in [-0.3, -0.25) is 0 Å². The maximum absolute atomic E-state index is 2.18. The molecule has 0 radical (unpaired) electrons. The van der Waals surface area contributed by atoms with Gasteiger partial charge in [0.05, 0.1) is 0 Å². The Balaban J connectivity index is 2.66. The Kier molecular flexibility index (Phi) is 2.36. The van der Waals surface area contributed by atoms with Gasteiger partial charge < -0.3 is 0 Å². The second-order valence-electron chi connectivity index (χ2n) is 3.63. The summed E-state index contributed by atoms with van der Waals surface area (Å²) >= 11 is 0. The molecule has 0 heterocycles. The van der Waals surface area contributed by atoms with E-state index in [1.807, 2.05) is 0 Å². The first-order valence-corrected chi connectivity index (χ1v) is 4.90. The zero-order chi connectivity index (χ0) is 9.97. The fourth-order valence-electron chi connectivity index (χ4n) is 1.75. The van der Waals surface area contributed by atoms with Gasteiger partial charge in [-0.1, -0.05) is 48.6 Å². The molecule has 0 aromatic rings. The van der Waals surface area contributed by atoms with Crippen LogP contribution in [-0.2, 0) is 0 Å². The molecule has 0 amide bonds. The van der Waals surface area contributed by atoms with Gasteiger partial charge in [-0.2, -0.15) is 0 Å². The van der Waals surface area contributed by atoms with Crippen LogP contribution in [0.25, 0.3) is 0 Å². The topological polar surface area (TPSA) is 0 Å². The van der Waals surface area contributed by atoms with Crippen LogP contribution in [0.15, 0.2) is 70.9 Å². The Morgan fingerprint density at radius 3 is 1.36 bits per heavy atom. The molecule has 0 saturated heterocycles. The normalized spacial score (nSPS) is 19.9. The third kappa shape index (κ3) is 1.56. The molecule has 0 atom stereocenters. The minimum absolute atomic E-state index is 1.32. The van der Waals surface area contributed by atoms with Crippen molar-refractivity contribution in [2.24, 2.45) is 0 Å². The predicted octanol–water partition coefficient (Wildman–Crippen LogP) is 3.87. The smallest absolute Gasteiger partial charge is 0.0152 e. The minimum atomic E-state index is 1.32. The summed E-state index contributed by atoms with van der Waals surface area (Å²) in [6, 6.07) is 0. The average molecular weight is 182 g/mol. The molecule has 2 rings (SSSR count). The molecule has 0 heteroatoms. The van der Waals surface area contributed by atoms with Gasteiger partial charge in [0, 0.05) is 0 Å². The second kappa shape index (κ2) is 3.67. The quantitative estimate of drug-likeness (QED) is 0.533. The first-order valence-electron chi connectivity index (χ1n) is 4.90. The molecule has 14 heavy (non-hydrogen) atoms. The fourth-order valence-corrected chi connectivity index (χ4v) is 1.75. The predicted molar refractivity (Wildman–Crippen MR) is 62.0 cm³/mol. The van der Waals surface area contributed by atoms with E-state index in [9.17, 15) is 0 Å². The molecule has 0 fully saturated rings. The highest BCUT2D eigenvalue weighted by Crippen LogP contribution is 2.26. The van der Waals surface area contributed by atoms with Crippen LogP contribution < -0.4 is 0 Å². The van der Waals surface area contributed by atoms with Crippen molar-refractivity contribution in [3.63, 3.8) is 0 Å². The van der Waals surface area contributed by atoms with E-state index < -0.39 is 0 Å². The number of rotatable bonds is 0. The van der Waals surface area contributed by atoms with Gasteiger partial charge in [-0.25, -0.2) is 0 Å². The molecule has 0 aromatic carbocycles. The van der Waals surface area contributed by atoms with Gasteiger partial charge >= 0.3 is 0 Å². The van der Waals surface area contributed by atoms with Crippen LogP contribution in [0.1, 0.15) is 13.8 Å². The van der Waals surface area contributed by atoms with E-state index in [1.54, 1.807) is 0 Å². The molecule has 0 bridgehead atoms. The van der Waals surface area contributed by atoms with Crippen LogP contribution in [0, 0.1) is 0 Å². The summed E-state index contributed by atoms with van der Waals surface area (Å²) in [4.78, 5) is 0. The van der Waals surface area contributed by atoms with E-state index in [1.165, 1.54) is 22.3 Å². The van der Waals surface area contributed by atoms with Crippen molar-refractivity contribution in [3.8, 4) is 0 Å². The van der Waals surface area contributed by atoms with Gasteiger partial charge in [0.15, 0.2) is 0 Å². The fraction of sp³-hybridized carbons (Fsp3) is 0.143. The molecule has 0 nitrogen and oxygen atoms in total. The molecule has 0 aliphatic heterocycles. The third-order valence-corrected chi connectivity index (χ3v) is 2.58. The van der Waals surface area contributed by atoms with Crippen LogP contribution in [0.2, 0.25) is 0 Å². The molecule has 0 aromatic heterocycles. The molecule has 0 unspecified atom stereocenters. The van der Waals surface area contributed by atoms with Crippen molar-refractivity contribution in [2.75, 3.05) is 0 Å². The molecule has 0 spiro atoms. The number of hydrogen-bond acceptors (Lipinski definition) is 0. The summed E-state index contributed by atoms with van der Waals surface area (Å²) in [5.41, 5.74) is 5.31. The van der Waals surface area contributed by atoms with Gasteiger partial charge in [0.25, 0.3) is 0 Å². The zero-order valence-electron chi connectivity index (χ0n) is 8.62. The molecular formula is C14H14. The van der Waals surface area contributed by atoms with Gasteiger partial charge in [0.1, 0.15) is 0 Å². The number of fused-ring (bicyclic) bond motifs is 1. The van der Waals surface area contributed by atoms with Crippen molar-refractivity contribution in [1.82, 2.24) is 0 Å². The first kappa shape index (κ1) is 9.01. The monoisotopic (exact) mass is 182 g/mol. The van der Waals surface area contributed by atoms with Gasteiger partial charge in [0.2, 0.25) is 0 Å². The summed E-state index contributed by atoms with van der Waals surface area (Å²) in [5.74, 6) is 0. The third-order valence-electron chi connectivity index (χ3n) is 2.58. The number of hydrogen-bond donors (Lipinski definition) is 0. The Bertz CT molecular complexity index is 379. The summed E-state index contributed by atoms with van der Waals surface area (Å²) in [6.07, 6.45) is 17.0. The lowest BCUT2D eigenvalue weighted by Gasteiger charge is -2.07. The van der Waals surface area contributed by atoms with Crippen LogP contribution in [-0.4, -0.2) is 0 Å². The summed E-state index contributed by atoms with van der Waals surface area (Å²) in [7, 11) is 0. The highest BCUT2D eigenvalue weighted by molar-refractivity contribution is 5.59. The van der Waals surface area contributed by atoms with Crippen LogP contribution in [0.4, 0.5) is 0 Å². The Morgan fingerprint density at radius 1 is 0.571 bits per heavy atom. The van der Waals surface area contributed by atoms with E-state index in [2.05, 4.69) is 62.5 Å². The van der Waals surface area contributed by atoms with Crippen molar-refractivity contribution in [1.29, 1.82) is 0 Å². The first-order chi connectivity index (χ1) is 6.79. The summed E-state index contributed by atoms with van der Waals surface area (Å²) in [5, 5.41) is 0. The van der Waals surface area contributed by atoms with Crippen molar-refractivity contribution in [3.05, 3.63) is 70.9 Å². The largest absolute Gasteiger partial charge is 0.0620 e. The molecule has 0 N–H and O–H groups in total. The lowest BCUT2D eigenvalue weighted by molar-refractivity contribution is 1.36. The maximum Gasteiger partial charge on any atom is -0.0152 e. The van der Waals surface area contributed by atoms with Crippen LogP contribution >= 0.6 is 0 Å². The molecule has 2 aliphatic carbocycles. The van der Waals surface area contributed by atoms with E-state index in [0.29, 0.717) is 0 Å². The van der Waals surface area contributed by atoms with Gasteiger partial charge in [-0.05, 0) is 36.1 Å². The molecule has 2 aliphatic rings. The zero-order valence-corrected chi connectivity index (χ0v) is 8.62. The Morgan fingerprint density at radius 2 is 0.929 bits per heavy atom. The molecule has 70 valence electrons. The summed E-state index contributed by atoms with van der Waals surface area (Å²) in [6.45, 7) is 4.31. The second-order valence-corrected chi connectivity index (χ2v) is 3.63. The highest BCUT2D eigenvalue weighted by atomic mass is 14.1. The van der Waals surface area contributed by atoms with Crippen molar-refractivity contribution < 1.29 is 0 Å². The summed E-state index contributed by atoms with van der Waals surface area (Å²) < 4.78 is 0. The Hall–Kier alpha value is -1.56. The van der Waals surface area contributed by atoms with Crippen LogP contribution in [0.5, 0.6) is 0 Å². The molecular weight excluding hydrogens is 168 g/mol. The minimum Gasteiger partial charge on any atom is -0.0620 e. The van der Waals surface area contributed by atoms with E-state index >= 15 is 0 Å². The van der Waals surface area contributed by atoms with Crippen LogP contribution in [0.3, 0.4) is 0 Å². The van der Waals surface area contributed by atoms with E-state index in [4.69, 9.17) is 0 Å². The molecule has 0 saturated carbocycles. The van der Waals surface area contributed by atoms with Crippen molar-refractivity contribution >= 4 is 0 Å². The van der Waals surface area contributed by atoms with Crippen molar-refractivity contribution in [2.45, 2.75) is 13.8 Å². The SMILES string of the molecule is CC1=C2C=CC=CC(C)=C2C=CC=C1. The lowest BCUT2D eigenvalue weighted by atomic mass is 9.98. The average Bonchev–Trinajstić information content (AvgIpc) is 2.45. The van der Waals surface area contributed by atoms with E-state index in [-0.39, 0.29) is 0 Å². The highest BCUT2D eigenvalue weighted by Gasteiger charge is 2.07. The Labute approximate surface area is 85.3 Å². The van der Waals surface area contributed by atoms with Gasteiger partial charge in [-0.15, -0.1) is 0 Å². The number of allylic oxidation sites excluding steroid dienone is 12. The van der Waals surface area contributed by atoms with E-state index in [0.717, 1.165) is 0 Å². The lowest BCUT2D eigenvalue weighted by Crippen LogP contribution is -1.88. The standard InChI is InChI=1S/C14H14/c1-11-7-3-5-10-14-12(2)8-4-6-9-13(11)14/h3-10H,1-2H3.